The number of benzene rings is 2. The molecule has 3 rings (SSSR count). The van der Waals surface area contributed by atoms with Gasteiger partial charge in [-0.1, -0.05) is 24.3 Å². The topological polar surface area (TPSA) is 12.5 Å². The van der Waals surface area contributed by atoms with Crippen molar-refractivity contribution >= 4 is 21.7 Å². The van der Waals surface area contributed by atoms with Crippen molar-refractivity contribution in [1.82, 2.24) is 4.90 Å². The van der Waals surface area contributed by atoms with Gasteiger partial charge in [0, 0.05) is 36.5 Å². The van der Waals surface area contributed by atoms with E-state index in [-0.39, 0.29) is 10.9 Å². The molecular weight excluding hydrogens is 335 g/mol. The number of hydrogen-bond donors (Lipinski definition) is 0. The minimum atomic E-state index is -4.11. The Bertz CT molecular complexity index is 696. The largest absolute Gasteiger partial charge is 0.401 e. The minimum absolute atomic E-state index is 0.00627. The molecule has 1 aliphatic rings. The van der Waals surface area contributed by atoms with E-state index in [1.165, 1.54) is 20.6 Å². The zero-order valence-electron chi connectivity index (χ0n) is 13.6. The molecule has 0 saturated carbocycles. The van der Waals surface area contributed by atoms with E-state index in [9.17, 15) is 13.2 Å². The average molecular weight is 356 g/mol. The second kappa shape index (κ2) is 7.33. The number of rotatable bonds is 4. The van der Waals surface area contributed by atoms with Crippen LogP contribution >= 0.6 is 0 Å². The standard InChI is InChI=1S/C18H21F3NOS/c1-23-12-14-6-7-17(16-5-3-2-4-15(14)16)24-10-8-22(9-11-24)13-18(19,20)21/h2-7H,8-13H2,1H3/q+1. The molecule has 2 nitrogen and oxygen atoms in total. The molecule has 6 heteroatoms. The van der Waals surface area contributed by atoms with E-state index < -0.39 is 12.7 Å². The van der Waals surface area contributed by atoms with Crippen LogP contribution in [0.4, 0.5) is 13.2 Å². The lowest BCUT2D eigenvalue weighted by Crippen LogP contribution is -2.44. The van der Waals surface area contributed by atoms with Crippen LogP contribution in [-0.2, 0) is 22.2 Å². The highest BCUT2D eigenvalue weighted by Gasteiger charge is 2.36. The summed E-state index contributed by atoms with van der Waals surface area (Å²) < 4.78 is 42.9. The molecule has 2 aromatic carbocycles. The number of ether oxygens (including phenoxy) is 1. The molecule has 24 heavy (non-hydrogen) atoms. The van der Waals surface area contributed by atoms with Crippen LogP contribution in [0, 0.1) is 0 Å². The Hall–Kier alpha value is -1.24. The number of nitrogens with zero attached hydrogens (tertiary/aromatic N) is 1. The molecule has 0 bridgehead atoms. The van der Waals surface area contributed by atoms with E-state index in [4.69, 9.17) is 4.74 Å². The van der Waals surface area contributed by atoms with Crippen LogP contribution in [0.25, 0.3) is 10.8 Å². The Labute approximate surface area is 142 Å². The maximum absolute atomic E-state index is 12.5. The summed E-state index contributed by atoms with van der Waals surface area (Å²) >= 11 is 0. The van der Waals surface area contributed by atoms with Crippen LogP contribution < -0.4 is 0 Å². The van der Waals surface area contributed by atoms with E-state index in [0.717, 1.165) is 17.1 Å². The summed E-state index contributed by atoms with van der Waals surface area (Å²) in [6.07, 6.45) is -4.11. The molecule has 0 N–H and O–H groups in total. The summed E-state index contributed by atoms with van der Waals surface area (Å²) in [6.45, 7) is 0.791. The Balaban J connectivity index is 1.80. The lowest BCUT2D eigenvalue weighted by molar-refractivity contribution is -0.145. The van der Waals surface area contributed by atoms with Crippen molar-refractivity contribution in [1.29, 1.82) is 0 Å². The minimum Gasteiger partial charge on any atom is -0.380 e. The highest BCUT2D eigenvalue weighted by molar-refractivity contribution is 7.97. The highest BCUT2D eigenvalue weighted by Crippen LogP contribution is 2.30. The van der Waals surface area contributed by atoms with Crippen LogP contribution in [0.5, 0.6) is 0 Å². The lowest BCUT2D eigenvalue weighted by atomic mass is 10.1. The fourth-order valence-corrected chi connectivity index (χ4v) is 5.54. The van der Waals surface area contributed by atoms with Gasteiger partial charge in [0.25, 0.3) is 0 Å². The molecular formula is C18H21F3NOS+. The maximum Gasteiger partial charge on any atom is 0.401 e. The zero-order valence-corrected chi connectivity index (χ0v) is 14.4. The molecule has 2 aromatic rings. The van der Waals surface area contributed by atoms with Gasteiger partial charge in [-0.2, -0.15) is 13.2 Å². The molecule has 0 aromatic heterocycles. The summed E-state index contributed by atoms with van der Waals surface area (Å²) in [5.74, 6) is 1.59. The third-order valence-electron chi connectivity index (χ3n) is 4.30. The first-order valence-corrected chi connectivity index (χ1v) is 9.50. The second-order valence-electron chi connectivity index (χ2n) is 5.99. The summed E-state index contributed by atoms with van der Waals surface area (Å²) in [5.41, 5.74) is 1.15. The van der Waals surface area contributed by atoms with Gasteiger partial charge in [0.05, 0.1) is 13.2 Å². The number of alkyl halides is 3. The molecule has 0 radical (unpaired) electrons. The van der Waals surface area contributed by atoms with Crippen LogP contribution in [0.1, 0.15) is 5.56 Å². The van der Waals surface area contributed by atoms with Crippen LogP contribution in [0.3, 0.4) is 0 Å². The second-order valence-corrected chi connectivity index (χ2v) is 8.24. The quantitative estimate of drug-likeness (QED) is 0.772. The number of halogens is 3. The molecule has 0 aliphatic carbocycles. The molecule has 0 spiro atoms. The van der Waals surface area contributed by atoms with E-state index in [0.29, 0.717) is 19.7 Å². The van der Waals surface area contributed by atoms with Crippen molar-refractivity contribution in [3.05, 3.63) is 42.0 Å². The number of fused-ring (bicyclic) bond motifs is 1. The Morgan fingerprint density at radius 2 is 1.71 bits per heavy atom. The molecule has 0 atom stereocenters. The lowest BCUT2D eigenvalue weighted by Gasteiger charge is -2.27. The van der Waals surface area contributed by atoms with E-state index in [1.807, 2.05) is 12.1 Å². The van der Waals surface area contributed by atoms with Gasteiger partial charge in [-0.3, -0.25) is 4.90 Å². The summed E-state index contributed by atoms with van der Waals surface area (Å²) in [6, 6.07) is 12.5. The first kappa shape index (κ1) is 17.6. The fourth-order valence-electron chi connectivity index (χ4n) is 3.19. The maximum atomic E-state index is 12.5. The van der Waals surface area contributed by atoms with Crippen molar-refractivity contribution in [2.75, 3.05) is 38.2 Å². The van der Waals surface area contributed by atoms with Gasteiger partial charge in [-0.15, -0.1) is 0 Å². The van der Waals surface area contributed by atoms with Crippen molar-refractivity contribution in [3.63, 3.8) is 0 Å². The Morgan fingerprint density at radius 1 is 1.04 bits per heavy atom. The normalized spacial score (nSPS) is 17.5. The van der Waals surface area contributed by atoms with Gasteiger partial charge in [0.2, 0.25) is 0 Å². The fraction of sp³-hybridized carbons (Fsp3) is 0.444. The third-order valence-corrected chi connectivity index (χ3v) is 6.62. The molecule has 130 valence electrons. The van der Waals surface area contributed by atoms with Crippen molar-refractivity contribution in [3.8, 4) is 0 Å². The SMILES string of the molecule is COCc1ccc([S+]2CCN(CC(F)(F)F)CC2)c2ccccc12. The third kappa shape index (κ3) is 4.05. The highest BCUT2D eigenvalue weighted by atomic mass is 32.2. The monoisotopic (exact) mass is 356 g/mol. The Kier molecular flexibility index (Phi) is 5.37. The van der Waals surface area contributed by atoms with Gasteiger partial charge >= 0.3 is 6.18 Å². The van der Waals surface area contributed by atoms with Gasteiger partial charge < -0.3 is 4.74 Å². The number of methoxy groups -OCH3 is 1. The smallest absolute Gasteiger partial charge is 0.380 e. The Morgan fingerprint density at radius 3 is 2.33 bits per heavy atom. The van der Waals surface area contributed by atoms with E-state index in [1.54, 1.807) is 7.11 Å². The van der Waals surface area contributed by atoms with Gasteiger partial charge in [0.15, 0.2) is 4.90 Å². The first-order valence-electron chi connectivity index (χ1n) is 7.94. The first-order chi connectivity index (χ1) is 11.5. The molecule has 0 unspecified atom stereocenters. The summed E-state index contributed by atoms with van der Waals surface area (Å²) in [4.78, 5) is 2.79. The zero-order chi connectivity index (χ0) is 17.2. The molecule has 0 amide bonds. The van der Waals surface area contributed by atoms with Crippen molar-refractivity contribution in [2.24, 2.45) is 0 Å². The van der Waals surface area contributed by atoms with Crippen molar-refractivity contribution in [2.45, 2.75) is 17.7 Å². The van der Waals surface area contributed by atoms with Crippen LogP contribution in [-0.4, -0.2) is 49.3 Å². The molecule has 1 saturated heterocycles. The van der Waals surface area contributed by atoms with Gasteiger partial charge in [0.1, 0.15) is 11.5 Å². The average Bonchev–Trinajstić information content (AvgIpc) is 2.55. The molecule has 1 heterocycles. The summed E-state index contributed by atoms with van der Waals surface area (Å²) in [5, 5.41) is 2.39. The van der Waals surface area contributed by atoms with Crippen LogP contribution in [0.2, 0.25) is 0 Å². The molecule has 1 fully saturated rings. The van der Waals surface area contributed by atoms with Gasteiger partial charge in [-0.25, -0.2) is 0 Å². The van der Waals surface area contributed by atoms with Crippen molar-refractivity contribution < 1.29 is 17.9 Å². The predicted molar refractivity (Wildman–Crippen MR) is 92.5 cm³/mol. The van der Waals surface area contributed by atoms with E-state index in [2.05, 4.69) is 24.3 Å². The summed E-state index contributed by atoms with van der Waals surface area (Å²) in [7, 11) is 1.69. The van der Waals surface area contributed by atoms with Gasteiger partial charge in [-0.05, 0) is 23.1 Å². The van der Waals surface area contributed by atoms with Crippen LogP contribution in [0.15, 0.2) is 41.3 Å². The predicted octanol–water partition coefficient (Wildman–Crippen LogP) is 3.84. The number of hydrogen-bond acceptors (Lipinski definition) is 2. The van der Waals surface area contributed by atoms with E-state index >= 15 is 0 Å². The molecule has 1 aliphatic heterocycles.